The Balaban J connectivity index is 1.79. The van der Waals surface area contributed by atoms with Crippen LogP contribution in [0.4, 0.5) is 0 Å². The molecule has 5 heteroatoms. The average molecular weight is 326 g/mol. The third kappa shape index (κ3) is 3.35. The minimum absolute atomic E-state index is 0.00621. The number of ether oxygens (including phenoxy) is 1. The van der Waals surface area contributed by atoms with Gasteiger partial charge >= 0.3 is 0 Å². The van der Waals surface area contributed by atoms with Crippen molar-refractivity contribution >= 4 is 16.7 Å². The molecule has 1 aromatic heterocycles. The van der Waals surface area contributed by atoms with E-state index in [9.17, 15) is 9.59 Å². The SMILES string of the molecule is C=CCn1ccc2c(OCC(=O)N3CCCCC3)cccc2c1=O. The van der Waals surface area contributed by atoms with Crippen LogP contribution in [0.5, 0.6) is 5.75 Å². The summed E-state index contributed by atoms with van der Waals surface area (Å²) >= 11 is 0. The average Bonchev–Trinajstić information content (AvgIpc) is 2.63. The second kappa shape index (κ2) is 7.34. The minimum atomic E-state index is -0.0831. The van der Waals surface area contributed by atoms with Gasteiger partial charge in [-0.25, -0.2) is 0 Å². The summed E-state index contributed by atoms with van der Waals surface area (Å²) in [5, 5.41) is 1.32. The summed E-state index contributed by atoms with van der Waals surface area (Å²) in [6.07, 6.45) is 6.72. The van der Waals surface area contributed by atoms with Crippen molar-refractivity contribution in [1.29, 1.82) is 0 Å². The van der Waals surface area contributed by atoms with Gasteiger partial charge in [0, 0.05) is 31.2 Å². The van der Waals surface area contributed by atoms with Gasteiger partial charge in [0.1, 0.15) is 5.75 Å². The second-order valence-electron chi connectivity index (χ2n) is 6.01. The number of hydrogen-bond donors (Lipinski definition) is 0. The lowest BCUT2D eigenvalue weighted by Gasteiger charge is -2.26. The molecule has 2 heterocycles. The number of pyridine rings is 1. The quantitative estimate of drug-likeness (QED) is 0.794. The molecule has 2 aromatic rings. The van der Waals surface area contributed by atoms with E-state index in [2.05, 4.69) is 6.58 Å². The Morgan fingerprint density at radius 3 is 2.71 bits per heavy atom. The van der Waals surface area contributed by atoms with Gasteiger partial charge in [-0.3, -0.25) is 9.59 Å². The smallest absolute Gasteiger partial charge is 0.260 e. The number of likely N-dealkylation sites (tertiary alicyclic amines) is 1. The van der Waals surface area contributed by atoms with Crippen LogP contribution in [0.25, 0.3) is 10.8 Å². The van der Waals surface area contributed by atoms with E-state index in [0.717, 1.165) is 31.3 Å². The van der Waals surface area contributed by atoms with Crippen LogP contribution in [0.1, 0.15) is 19.3 Å². The molecule has 0 N–H and O–H groups in total. The van der Waals surface area contributed by atoms with Gasteiger partial charge in [0.25, 0.3) is 11.5 Å². The molecule has 0 saturated carbocycles. The molecule has 0 unspecified atom stereocenters. The van der Waals surface area contributed by atoms with Crippen LogP contribution in [0.15, 0.2) is 47.9 Å². The van der Waals surface area contributed by atoms with Crippen molar-refractivity contribution < 1.29 is 9.53 Å². The molecule has 1 saturated heterocycles. The summed E-state index contributed by atoms with van der Waals surface area (Å²) in [5.41, 5.74) is -0.0831. The number of piperidine rings is 1. The molecule has 1 aliphatic heterocycles. The Morgan fingerprint density at radius 1 is 1.17 bits per heavy atom. The fourth-order valence-corrected chi connectivity index (χ4v) is 3.07. The molecule has 24 heavy (non-hydrogen) atoms. The van der Waals surface area contributed by atoms with E-state index in [1.165, 1.54) is 6.42 Å². The molecule has 1 aliphatic rings. The van der Waals surface area contributed by atoms with Crippen molar-refractivity contribution in [3.8, 4) is 5.75 Å². The number of rotatable bonds is 5. The summed E-state index contributed by atoms with van der Waals surface area (Å²) in [6.45, 7) is 5.75. The predicted octanol–water partition coefficient (Wildman–Crippen LogP) is 2.58. The third-order valence-electron chi connectivity index (χ3n) is 4.36. The van der Waals surface area contributed by atoms with Gasteiger partial charge in [0.15, 0.2) is 6.61 Å². The Kier molecular flexibility index (Phi) is 4.99. The van der Waals surface area contributed by atoms with Gasteiger partial charge in [-0.15, -0.1) is 6.58 Å². The van der Waals surface area contributed by atoms with Crippen molar-refractivity contribution in [1.82, 2.24) is 9.47 Å². The summed E-state index contributed by atoms with van der Waals surface area (Å²) in [5.74, 6) is 0.576. The number of carbonyl (C=O) groups excluding carboxylic acids is 1. The monoisotopic (exact) mass is 326 g/mol. The molecular formula is C19H22N2O3. The molecule has 0 radical (unpaired) electrons. The molecule has 0 spiro atoms. The molecular weight excluding hydrogens is 304 g/mol. The van der Waals surface area contributed by atoms with Crippen molar-refractivity contribution in [3.63, 3.8) is 0 Å². The van der Waals surface area contributed by atoms with Gasteiger partial charge in [-0.2, -0.15) is 0 Å². The predicted molar refractivity (Wildman–Crippen MR) is 94.3 cm³/mol. The Morgan fingerprint density at radius 2 is 1.96 bits per heavy atom. The first kappa shape index (κ1) is 16.3. The molecule has 0 aliphatic carbocycles. The Labute approximate surface area is 141 Å². The van der Waals surface area contributed by atoms with E-state index in [1.807, 2.05) is 11.0 Å². The number of benzene rings is 1. The highest BCUT2D eigenvalue weighted by molar-refractivity contribution is 5.88. The van der Waals surface area contributed by atoms with Crippen LogP contribution in [-0.2, 0) is 11.3 Å². The van der Waals surface area contributed by atoms with E-state index in [4.69, 9.17) is 4.74 Å². The highest BCUT2D eigenvalue weighted by Crippen LogP contribution is 2.23. The second-order valence-corrected chi connectivity index (χ2v) is 6.01. The van der Waals surface area contributed by atoms with Gasteiger partial charge in [-0.1, -0.05) is 12.1 Å². The molecule has 0 bridgehead atoms. The first-order chi connectivity index (χ1) is 11.7. The highest BCUT2D eigenvalue weighted by Gasteiger charge is 2.17. The van der Waals surface area contributed by atoms with Gasteiger partial charge < -0.3 is 14.2 Å². The molecule has 0 atom stereocenters. The van der Waals surface area contributed by atoms with E-state index in [0.29, 0.717) is 17.7 Å². The summed E-state index contributed by atoms with van der Waals surface area (Å²) in [7, 11) is 0. The zero-order chi connectivity index (χ0) is 16.9. The normalized spacial score (nSPS) is 14.6. The lowest BCUT2D eigenvalue weighted by Crippen LogP contribution is -2.38. The zero-order valence-corrected chi connectivity index (χ0v) is 13.7. The van der Waals surface area contributed by atoms with E-state index in [-0.39, 0.29) is 18.1 Å². The number of amides is 1. The van der Waals surface area contributed by atoms with Gasteiger partial charge in [-0.05, 0) is 37.5 Å². The van der Waals surface area contributed by atoms with E-state index < -0.39 is 0 Å². The van der Waals surface area contributed by atoms with Crippen molar-refractivity contribution in [3.05, 3.63) is 53.5 Å². The number of allylic oxidation sites excluding steroid dienone is 1. The Hall–Kier alpha value is -2.56. The summed E-state index contributed by atoms with van der Waals surface area (Å²) in [4.78, 5) is 26.5. The number of nitrogens with zero attached hydrogens (tertiary/aromatic N) is 2. The van der Waals surface area contributed by atoms with E-state index in [1.54, 1.807) is 35.0 Å². The lowest BCUT2D eigenvalue weighted by molar-refractivity contribution is -0.134. The van der Waals surface area contributed by atoms with Crippen LogP contribution >= 0.6 is 0 Å². The first-order valence-electron chi connectivity index (χ1n) is 8.34. The Bertz CT molecular complexity index is 804. The summed E-state index contributed by atoms with van der Waals surface area (Å²) in [6, 6.07) is 7.20. The largest absolute Gasteiger partial charge is 0.483 e. The van der Waals surface area contributed by atoms with Gasteiger partial charge in [0.05, 0.1) is 5.39 Å². The van der Waals surface area contributed by atoms with Crippen LogP contribution in [-0.4, -0.2) is 35.1 Å². The topological polar surface area (TPSA) is 51.5 Å². The fourth-order valence-electron chi connectivity index (χ4n) is 3.07. The van der Waals surface area contributed by atoms with Crippen LogP contribution in [0, 0.1) is 0 Å². The van der Waals surface area contributed by atoms with Crippen LogP contribution in [0.2, 0.25) is 0 Å². The first-order valence-corrected chi connectivity index (χ1v) is 8.34. The minimum Gasteiger partial charge on any atom is -0.483 e. The molecule has 1 amide bonds. The number of fused-ring (bicyclic) bond motifs is 1. The molecule has 126 valence electrons. The third-order valence-corrected chi connectivity index (χ3v) is 4.36. The van der Waals surface area contributed by atoms with Crippen molar-refractivity contribution in [2.45, 2.75) is 25.8 Å². The fraction of sp³-hybridized carbons (Fsp3) is 0.368. The molecule has 3 rings (SSSR count). The van der Waals surface area contributed by atoms with Crippen LogP contribution in [0.3, 0.4) is 0 Å². The highest BCUT2D eigenvalue weighted by atomic mass is 16.5. The van der Waals surface area contributed by atoms with Crippen LogP contribution < -0.4 is 10.3 Å². The van der Waals surface area contributed by atoms with Gasteiger partial charge in [0.2, 0.25) is 0 Å². The van der Waals surface area contributed by atoms with E-state index >= 15 is 0 Å². The zero-order valence-electron chi connectivity index (χ0n) is 13.7. The lowest BCUT2D eigenvalue weighted by atomic mass is 10.1. The number of carbonyl (C=O) groups is 1. The maximum absolute atomic E-state index is 12.4. The van der Waals surface area contributed by atoms with Crippen molar-refractivity contribution in [2.24, 2.45) is 0 Å². The van der Waals surface area contributed by atoms with Crippen molar-refractivity contribution in [2.75, 3.05) is 19.7 Å². The molecule has 5 nitrogen and oxygen atoms in total. The maximum Gasteiger partial charge on any atom is 0.260 e. The number of aromatic nitrogens is 1. The number of hydrogen-bond acceptors (Lipinski definition) is 3. The molecule has 1 fully saturated rings. The summed E-state index contributed by atoms with van der Waals surface area (Å²) < 4.78 is 7.32. The maximum atomic E-state index is 12.4. The standard InChI is InChI=1S/C19H22N2O3/c1-2-10-21-13-9-15-16(19(21)23)7-6-8-17(15)24-14-18(22)20-11-4-3-5-12-20/h2,6-9,13H,1,3-5,10-12,14H2. The molecule has 1 aromatic carbocycles.